The van der Waals surface area contributed by atoms with E-state index in [-0.39, 0.29) is 5.71 Å². The minimum Gasteiger partial charge on any atom is -0.468 e. The lowest BCUT2D eigenvalue weighted by atomic mass is 9.68. The zero-order chi connectivity index (χ0) is 21.1. The Kier molecular flexibility index (Phi) is 5.86. The molecule has 0 aromatic heterocycles. The van der Waals surface area contributed by atoms with Gasteiger partial charge in [0.2, 0.25) is 5.41 Å². The maximum absolute atomic E-state index is 12.8. The number of rotatable bonds is 5. The predicted molar refractivity (Wildman–Crippen MR) is 95.6 cm³/mol. The molecule has 0 radical (unpaired) electrons. The minimum atomic E-state index is -2.64. The average molecular weight is 391 g/mol. The van der Waals surface area contributed by atoms with E-state index in [1.54, 1.807) is 24.3 Å². The van der Waals surface area contributed by atoms with Gasteiger partial charge < -0.3 is 18.9 Å². The number of nitrogens with zero attached hydrogens (tertiary/aromatic N) is 1. The summed E-state index contributed by atoms with van der Waals surface area (Å²) in [6.07, 6.45) is -0.417. The molecule has 9 nitrogen and oxygen atoms in total. The smallest absolute Gasteiger partial charge is 0.347 e. The summed E-state index contributed by atoms with van der Waals surface area (Å²) in [6, 6.07) is 6.95. The normalized spacial score (nSPS) is 16.5. The molecule has 0 fully saturated rings. The summed E-state index contributed by atoms with van der Waals surface area (Å²) >= 11 is 0. The van der Waals surface area contributed by atoms with Crippen LogP contribution in [-0.4, -0.2) is 63.6 Å². The largest absolute Gasteiger partial charge is 0.468 e. The summed E-state index contributed by atoms with van der Waals surface area (Å²) in [5, 5.41) is 0. The number of carbonyl (C=O) groups is 4. The van der Waals surface area contributed by atoms with Crippen molar-refractivity contribution in [2.75, 3.05) is 28.4 Å². The molecule has 0 spiro atoms. The highest BCUT2D eigenvalue weighted by Gasteiger charge is 2.76. The van der Waals surface area contributed by atoms with Crippen LogP contribution in [0, 0.1) is 12.3 Å². The van der Waals surface area contributed by atoms with Gasteiger partial charge in [0.1, 0.15) is 0 Å². The molecular weight excluding hydrogens is 370 g/mol. The first-order valence-electron chi connectivity index (χ1n) is 8.24. The number of esters is 4. The van der Waals surface area contributed by atoms with Crippen LogP contribution >= 0.6 is 0 Å². The van der Waals surface area contributed by atoms with E-state index < -0.39 is 41.3 Å². The molecule has 1 aromatic carbocycles. The predicted octanol–water partition coefficient (Wildman–Crippen LogP) is 0.605. The van der Waals surface area contributed by atoms with E-state index in [4.69, 9.17) is 18.9 Å². The summed E-state index contributed by atoms with van der Waals surface area (Å²) in [5.74, 6) is -4.81. The van der Waals surface area contributed by atoms with Gasteiger partial charge in [-0.1, -0.05) is 29.8 Å². The maximum Gasteiger partial charge on any atom is 0.347 e. The van der Waals surface area contributed by atoms with E-state index in [9.17, 15) is 19.2 Å². The molecule has 1 aliphatic rings. The Morgan fingerprint density at radius 2 is 1.21 bits per heavy atom. The van der Waals surface area contributed by atoms with Gasteiger partial charge in [-0.15, -0.1) is 0 Å². The summed E-state index contributed by atoms with van der Waals surface area (Å²) in [5.41, 5.74) is -3.45. The first-order valence-corrected chi connectivity index (χ1v) is 8.24. The number of aryl methyl sites for hydroxylation is 1. The van der Waals surface area contributed by atoms with Crippen molar-refractivity contribution in [2.24, 2.45) is 10.4 Å². The van der Waals surface area contributed by atoms with Crippen LogP contribution in [0.1, 0.15) is 17.5 Å². The lowest BCUT2D eigenvalue weighted by Crippen LogP contribution is -2.64. The van der Waals surface area contributed by atoms with E-state index in [1.165, 1.54) is 0 Å². The van der Waals surface area contributed by atoms with Gasteiger partial charge in [-0.3, -0.25) is 14.6 Å². The monoisotopic (exact) mass is 391 g/mol. The number of aliphatic imine (C=N–C) groups is 1. The summed E-state index contributed by atoms with van der Waals surface area (Å²) in [6.45, 7) is 1.88. The molecule has 0 unspecified atom stereocenters. The summed E-state index contributed by atoms with van der Waals surface area (Å²) < 4.78 is 19.1. The van der Waals surface area contributed by atoms with Gasteiger partial charge in [-0.05, 0) is 12.5 Å². The zero-order valence-electron chi connectivity index (χ0n) is 16.2. The van der Waals surface area contributed by atoms with Crippen molar-refractivity contribution in [3.05, 3.63) is 35.4 Å². The number of carbonyl (C=O) groups excluding carboxylic acids is 4. The molecule has 0 amide bonds. The Hall–Kier alpha value is -3.23. The first kappa shape index (κ1) is 21.1. The molecule has 150 valence electrons. The van der Waals surface area contributed by atoms with Gasteiger partial charge in [0, 0.05) is 12.1 Å². The number of ether oxygens (including phenoxy) is 4. The first-order chi connectivity index (χ1) is 13.2. The molecule has 1 heterocycles. The molecule has 0 aliphatic carbocycles. The van der Waals surface area contributed by atoms with Crippen molar-refractivity contribution < 1.29 is 38.1 Å². The van der Waals surface area contributed by atoms with Gasteiger partial charge in [0.25, 0.3) is 5.54 Å². The lowest BCUT2D eigenvalue weighted by molar-refractivity contribution is -0.187. The molecule has 0 N–H and O–H groups in total. The van der Waals surface area contributed by atoms with Crippen LogP contribution < -0.4 is 0 Å². The number of benzene rings is 1. The third-order valence-corrected chi connectivity index (χ3v) is 4.77. The fourth-order valence-electron chi connectivity index (χ4n) is 3.32. The summed E-state index contributed by atoms with van der Waals surface area (Å²) in [4.78, 5) is 55.4. The Balaban J connectivity index is 2.87. The summed E-state index contributed by atoms with van der Waals surface area (Å²) in [7, 11) is 4.06. The molecule has 9 heteroatoms. The van der Waals surface area contributed by atoms with Crippen LogP contribution in [0.4, 0.5) is 0 Å². The molecular formula is C19H21NO8. The highest BCUT2D eigenvalue weighted by atomic mass is 16.6. The van der Waals surface area contributed by atoms with Crippen molar-refractivity contribution in [1.82, 2.24) is 0 Å². The number of hydrogen-bond donors (Lipinski definition) is 0. The van der Waals surface area contributed by atoms with E-state index in [0.29, 0.717) is 5.56 Å². The Labute approximate surface area is 161 Å². The molecule has 1 aliphatic heterocycles. The Bertz CT molecular complexity index is 808. The van der Waals surface area contributed by atoms with E-state index in [0.717, 1.165) is 34.0 Å². The Morgan fingerprint density at radius 1 is 0.786 bits per heavy atom. The number of hydrogen-bond acceptors (Lipinski definition) is 9. The second-order valence-corrected chi connectivity index (χ2v) is 6.18. The van der Waals surface area contributed by atoms with Crippen LogP contribution in [-0.2, 0) is 38.1 Å². The van der Waals surface area contributed by atoms with Crippen molar-refractivity contribution in [3.8, 4) is 0 Å². The Morgan fingerprint density at radius 3 is 1.61 bits per heavy atom. The third-order valence-electron chi connectivity index (χ3n) is 4.77. The van der Waals surface area contributed by atoms with Crippen molar-refractivity contribution >= 4 is 29.6 Å². The van der Waals surface area contributed by atoms with Crippen LogP contribution in [0.15, 0.2) is 29.3 Å². The van der Waals surface area contributed by atoms with Crippen LogP contribution in [0.2, 0.25) is 0 Å². The van der Waals surface area contributed by atoms with E-state index >= 15 is 0 Å². The van der Waals surface area contributed by atoms with Crippen molar-refractivity contribution in [1.29, 1.82) is 0 Å². The van der Waals surface area contributed by atoms with Crippen molar-refractivity contribution in [2.45, 2.75) is 18.9 Å². The quantitative estimate of drug-likeness (QED) is 0.407. The standard InChI is InChI=1S/C19H21NO8/c1-11-6-8-12(9-7-11)13-10-18(14(21)25-2,15(22)26-3)19(20-13,16(23)27-4)17(24)28-5/h6-9H,10H2,1-5H3. The fraction of sp³-hybridized carbons (Fsp3) is 0.421. The lowest BCUT2D eigenvalue weighted by Gasteiger charge is -2.34. The van der Waals surface area contributed by atoms with E-state index in [2.05, 4.69) is 4.99 Å². The minimum absolute atomic E-state index is 0.159. The highest BCUT2D eigenvalue weighted by Crippen LogP contribution is 2.48. The van der Waals surface area contributed by atoms with Crippen LogP contribution in [0.5, 0.6) is 0 Å². The molecule has 28 heavy (non-hydrogen) atoms. The van der Waals surface area contributed by atoms with Gasteiger partial charge in [0.05, 0.1) is 28.4 Å². The van der Waals surface area contributed by atoms with Crippen LogP contribution in [0.25, 0.3) is 0 Å². The van der Waals surface area contributed by atoms with Gasteiger partial charge in [0.15, 0.2) is 0 Å². The molecule has 0 bridgehead atoms. The third kappa shape index (κ3) is 2.83. The SMILES string of the molecule is COC(=O)C1(C(=O)OC)CC(c2ccc(C)cc2)=NC1(C(=O)OC)C(=O)OC. The van der Waals surface area contributed by atoms with E-state index in [1.807, 2.05) is 6.92 Å². The molecule has 1 aromatic rings. The van der Waals surface area contributed by atoms with Gasteiger partial charge >= 0.3 is 23.9 Å². The van der Waals surface area contributed by atoms with Gasteiger partial charge in [-0.2, -0.15) is 0 Å². The topological polar surface area (TPSA) is 118 Å². The highest BCUT2D eigenvalue weighted by molar-refractivity contribution is 6.25. The second-order valence-electron chi connectivity index (χ2n) is 6.18. The molecule has 0 saturated carbocycles. The molecule has 0 atom stereocenters. The molecule has 0 saturated heterocycles. The maximum atomic E-state index is 12.8. The van der Waals surface area contributed by atoms with Crippen molar-refractivity contribution in [3.63, 3.8) is 0 Å². The van der Waals surface area contributed by atoms with Crippen LogP contribution in [0.3, 0.4) is 0 Å². The molecule has 2 rings (SSSR count). The number of methoxy groups -OCH3 is 4. The second kappa shape index (κ2) is 7.79. The van der Waals surface area contributed by atoms with Gasteiger partial charge in [-0.25, -0.2) is 9.59 Å². The average Bonchev–Trinajstić information content (AvgIpc) is 3.09. The zero-order valence-corrected chi connectivity index (χ0v) is 16.2. The fourth-order valence-corrected chi connectivity index (χ4v) is 3.32.